The number of fused-ring (bicyclic) bond motifs is 1. The van der Waals surface area contributed by atoms with Gasteiger partial charge in [-0.1, -0.05) is 18.2 Å². The molecule has 1 aliphatic carbocycles. The zero-order valence-corrected chi connectivity index (χ0v) is 14.9. The molecule has 0 spiro atoms. The Morgan fingerprint density at radius 3 is 2.92 bits per heavy atom. The standard InChI is InChI=1S/C19H21N3O2S/c23-17(20-11-13-6-7-14-3-1-4-15(14)9-13)10-16-12-25-19(21-16)22-8-2-5-18(22)24/h6-7,9,12H,1-5,8,10-11H2,(H,20,23). The van der Waals surface area contributed by atoms with Crippen molar-refractivity contribution >= 4 is 28.3 Å². The summed E-state index contributed by atoms with van der Waals surface area (Å²) in [6.45, 7) is 1.28. The first kappa shape index (κ1) is 16.3. The molecule has 1 aliphatic heterocycles. The number of aromatic nitrogens is 1. The molecule has 0 unspecified atom stereocenters. The molecule has 2 heterocycles. The summed E-state index contributed by atoms with van der Waals surface area (Å²) < 4.78 is 0. The SMILES string of the molecule is O=C(Cc1csc(N2CCCC2=O)n1)NCc1ccc2c(c1)CCC2. The summed E-state index contributed by atoms with van der Waals surface area (Å²) >= 11 is 1.43. The highest BCUT2D eigenvalue weighted by Gasteiger charge is 2.24. The molecule has 4 rings (SSSR count). The monoisotopic (exact) mass is 355 g/mol. The number of nitrogens with one attached hydrogen (secondary N) is 1. The first-order chi connectivity index (χ1) is 12.2. The van der Waals surface area contributed by atoms with E-state index in [1.54, 1.807) is 4.90 Å². The van der Waals surface area contributed by atoms with Gasteiger partial charge in [-0.3, -0.25) is 14.5 Å². The van der Waals surface area contributed by atoms with Gasteiger partial charge < -0.3 is 5.32 Å². The normalized spacial score (nSPS) is 16.3. The van der Waals surface area contributed by atoms with Crippen LogP contribution in [0.25, 0.3) is 0 Å². The number of thiazole rings is 1. The van der Waals surface area contributed by atoms with E-state index >= 15 is 0 Å². The molecule has 25 heavy (non-hydrogen) atoms. The lowest BCUT2D eigenvalue weighted by Gasteiger charge is -2.10. The third kappa shape index (κ3) is 3.58. The number of anilines is 1. The van der Waals surface area contributed by atoms with Gasteiger partial charge in [0.05, 0.1) is 12.1 Å². The van der Waals surface area contributed by atoms with E-state index in [0.717, 1.165) is 30.6 Å². The predicted octanol–water partition coefficient (Wildman–Crippen LogP) is 2.62. The molecule has 1 fully saturated rings. The van der Waals surface area contributed by atoms with Gasteiger partial charge in [-0.05, 0) is 42.4 Å². The molecule has 1 saturated heterocycles. The Labute approximate surface area is 151 Å². The summed E-state index contributed by atoms with van der Waals surface area (Å²) in [7, 11) is 0. The highest BCUT2D eigenvalue weighted by Crippen LogP contribution is 2.25. The predicted molar refractivity (Wildman–Crippen MR) is 97.7 cm³/mol. The Kier molecular flexibility index (Phi) is 4.53. The molecular weight excluding hydrogens is 334 g/mol. The number of nitrogens with zero attached hydrogens (tertiary/aromatic N) is 2. The lowest BCUT2D eigenvalue weighted by molar-refractivity contribution is -0.120. The summed E-state index contributed by atoms with van der Waals surface area (Å²) in [5.74, 6) is 0.0899. The Bertz CT molecular complexity index is 815. The van der Waals surface area contributed by atoms with Crippen LogP contribution in [0.3, 0.4) is 0 Å². The van der Waals surface area contributed by atoms with Crippen LogP contribution in [0.4, 0.5) is 5.13 Å². The first-order valence-corrected chi connectivity index (χ1v) is 9.69. The molecule has 1 N–H and O–H groups in total. The second-order valence-corrected chi connectivity index (χ2v) is 7.52. The van der Waals surface area contributed by atoms with Crippen molar-refractivity contribution in [2.24, 2.45) is 0 Å². The number of amides is 2. The third-order valence-corrected chi connectivity index (χ3v) is 5.75. The number of hydrogen-bond acceptors (Lipinski definition) is 4. The topological polar surface area (TPSA) is 62.3 Å². The Balaban J connectivity index is 1.32. The minimum absolute atomic E-state index is 0.0369. The van der Waals surface area contributed by atoms with Crippen molar-refractivity contribution in [2.75, 3.05) is 11.4 Å². The molecule has 2 aromatic rings. The second-order valence-electron chi connectivity index (χ2n) is 6.68. The van der Waals surface area contributed by atoms with E-state index in [4.69, 9.17) is 0 Å². The fraction of sp³-hybridized carbons (Fsp3) is 0.421. The number of carbonyl (C=O) groups is 2. The third-order valence-electron chi connectivity index (χ3n) is 4.84. The summed E-state index contributed by atoms with van der Waals surface area (Å²) in [5, 5.41) is 5.55. The highest BCUT2D eigenvalue weighted by molar-refractivity contribution is 7.14. The van der Waals surface area contributed by atoms with Gasteiger partial charge in [0.25, 0.3) is 0 Å². The van der Waals surface area contributed by atoms with E-state index in [9.17, 15) is 9.59 Å². The molecule has 0 atom stereocenters. The van der Waals surface area contributed by atoms with Crippen molar-refractivity contribution in [1.82, 2.24) is 10.3 Å². The van der Waals surface area contributed by atoms with Crippen molar-refractivity contribution in [3.05, 3.63) is 46.0 Å². The van der Waals surface area contributed by atoms with E-state index < -0.39 is 0 Å². The Hall–Kier alpha value is -2.21. The van der Waals surface area contributed by atoms with E-state index in [0.29, 0.717) is 18.1 Å². The summed E-state index contributed by atoms with van der Waals surface area (Å²) in [4.78, 5) is 30.1. The van der Waals surface area contributed by atoms with Gasteiger partial charge in [-0.15, -0.1) is 11.3 Å². The number of hydrogen-bond donors (Lipinski definition) is 1. The van der Waals surface area contributed by atoms with Crippen LogP contribution >= 0.6 is 11.3 Å². The molecule has 0 saturated carbocycles. The molecule has 2 aliphatic rings. The average Bonchev–Trinajstić information content (AvgIpc) is 3.33. The zero-order chi connectivity index (χ0) is 17.2. The highest BCUT2D eigenvalue weighted by atomic mass is 32.1. The Morgan fingerprint density at radius 1 is 1.20 bits per heavy atom. The van der Waals surface area contributed by atoms with Gasteiger partial charge in [-0.2, -0.15) is 0 Å². The maximum Gasteiger partial charge on any atom is 0.228 e. The van der Waals surface area contributed by atoms with Crippen molar-refractivity contribution in [2.45, 2.75) is 45.1 Å². The first-order valence-electron chi connectivity index (χ1n) is 8.81. The van der Waals surface area contributed by atoms with Crippen LogP contribution in [0.15, 0.2) is 23.6 Å². The number of rotatable bonds is 5. The van der Waals surface area contributed by atoms with E-state index in [2.05, 4.69) is 28.5 Å². The lowest BCUT2D eigenvalue weighted by Crippen LogP contribution is -2.25. The minimum Gasteiger partial charge on any atom is -0.352 e. The zero-order valence-electron chi connectivity index (χ0n) is 14.1. The second kappa shape index (κ2) is 6.96. The fourth-order valence-electron chi connectivity index (χ4n) is 3.51. The maximum absolute atomic E-state index is 12.2. The van der Waals surface area contributed by atoms with Gasteiger partial charge in [0.1, 0.15) is 0 Å². The molecule has 0 radical (unpaired) electrons. The molecule has 1 aromatic heterocycles. The van der Waals surface area contributed by atoms with Gasteiger partial charge in [-0.25, -0.2) is 4.98 Å². The van der Waals surface area contributed by atoms with Gasteiger partial charge in [0.15, 0.2) is 5.13 Å². The van der Waals surface area contributed by atoms with Crippen molar-refractivity contribution in [3.8, 4) is 0 Å². The van der Waals surface area contributed by atoms with Crippen molar-refractivity contribution in [3.63, 3.8) is 0 Å². The fourth-order valence-corrected chi connectivity index (χ4v) is 4.38. The van der Waals surface area contributed by atoms with Gasteiger partial charge >= 0.3 is 0 Å². The number of carbonyl (C=O) groups excluding carboxylic acids is 2. The van der Waals surface area contributed by atoms with Crippen LogP contribution in [0.2, 0.25) is 0 Å². The maximum atomic E-state index is 12.2. The lowest BCUT2D eigenvalue weighted by atomic mass is 10.1. The van der Waals surface area contributed by atoms with Crippen LogP contribution in [0.5, 0.6) is 0 Å². The number of aryl methyl sites for hydroxylation is 2. The largest absolute Gasteiger partial charge is 0.352 e. The molecule has 2 amide bonds. The minimum atomic E-state index is -0.0369. The quantitative estimate of drug-likeness (QED) is 0.897. The molecule has 6 heteroatoms. The molecular formula is C19H21N3O2S. The average molecular weight is 355 g/mol. The van der Waals surface area contributed by atoms with E-state index in [-0.39, 0.29) is 18.2 Å². The van der Waals surface area contributed by atoms with Crippen LogP contribution in [0, 0.1) is 0 Å². The number of benzene rings is 1. The van der Waals surface area contributed by atoms with Gasteiger partial charge in [0.2, 0.25) is 11.8 Å². The smallest absolute Gasteiger partial charge is 0.228 e. The van der Waals surface area contributed by atoms with Crippen LogP contribution in [0.1, 0.15) is 41.6 Å². The van der Waals surface area contributed by atoms with Crippen LogP contribution < -0.4 is 10.2 Å². The molecule has 0 bridgehead atoms. The van der Waals surface area contributed by atoms with Crippen LogP contribution in [-0.2, 0) is 35.4 Å². The van der Waals surface area contributed by atoms with Crippen LogP contribution in [-0.4, -0.2) is 23.3 Å². The molecule has 130 valence electrons. The summed E-state index contributed by atoms with van der Waals surface area (Å²) in [5.41, 5.74) is 4.74. The summed E-state index contributed by atoms with van der Waals surface area (Å²) in [6, 6.07) is 6.50. The van der Waals surface area contributed by atoms with Gasteiger partial charge in [0, 0.05) is 24.9 Å². The van der Waals surface area contributed by atoms with Crippen molar-refractivity contribution < 1.29 is 9.59 Å². The van der Waals surface area contributed by atoms with E-state index in [1.807, 2.05) is 5.38 Å². The van der Waals surface area contributed by atoms with Crippen molar-refractivity contribution in [1.29, 1.82) is 0 Å². The Morgan fingerprint density at radius 2 is 2.08 bits per heavy atom. The molecule has 5 nitrogen and oxygen atoms in total. The summed E-state index contributed by atoms with van der Waals surface area (Å²) in [6.07, 6.45) is 5.28. The van der Waals surface area contributed by atoms with E-state index in [1.165, 1.54) is 35.3 Å². The molecule has 1 aromatic carbocycles.